The van der Waals surface area contributed by atoms with E-state index in [2.05, 4.69) is 9.73 Å². The van der Waals surface area contributed by atoms with Crippen LogP contribution in [0, 0.1) is 0 Å². The van der Waals surface area contributed by atoms with Gasteiger partial charge >= 0.3 is 5.97 Å². The number of carboxylic acids is 1. The Balaban J connectivity index is 1.52. The first kappa shape index (κ1) is 27.9. The second-order valence-corrected chi connectivity index (χ2v) is 9.61. The molecule has 3 aromatic rings. The Labute approximate surface area is 245 Å². The van der Waals surface area contributed by atoms with E-state index in [4.69, 9.17) is 13.9 Å². The molecule has 13 nitrogen and oxygen atoms in total. The highest BCUT2D eigenvalue weighted by molar-refractivity contribution is 6.51. The number of hydrogen-bond donors (Lipinski definition) is 3. The van der Waals surface area contributed by atoms with Crippen LogP contribution in [0.2, 0.25) is 0 Å². The zero-order valence-electron chi connectivity index (χ0n) is 22.6. The number of fused-ring (bicyclic) bond motifs is 5. The summed E-state index contributed by atoms with van der Waals surface area (Å²) in [5.41, 5.74) is -0.297. The number of nitrogens with zero attached hydrogens (tertiary/aromatic N) is 1. The van der Waals surface area contributed by atoms with E-state index in [-0.39, 0.29) is 57.0 Å². The number of methoxy groups -OCH3 is 1. The molecule has 0 atom stereocenters. The number of phenolic OH excluding ortho intramolecular Hbond substituents is 2. The molecule has 1 aliphatic heterocycles. The lowest BCUT2D eigenvalue weighted by Crippen LogP contribution is -2.16. The van der Waals surface area contributed by atoms with Gasteiger partial charge in [0.05, 0.1) is 23.4 Å². The van der Waals surface area contributed by atoms with Gasteiger partial charge in [-0.1, -0.05) is 6.08 Å². The SMILES string of the molecule is COC1=C(OC2=CC(=O)C3=NCCC3=C2)/C=C/C(=O)C(=O)c2c(cc3oc4cc(C(=O)O)c(OC=O)c(O)c4c3c2O)C=C1. The van der Waals surface area contributed by atoms with Gasteiger partial charge in [0.2, 0.25) is 17.3 Å². The Kier molecular flexibility index (Phi) is 6.69. The minimum atomic E-state index is -1.54. The molecule has 1 aromatic heterocycles. The zero-order valence-corrected chi connectivity index (χ0v) is 22.6. The number of carbonyl (C=O) groups is 5. The van der Waals surface area contributed by atoms with E-state index >= 15 is 0 Å². The van der Waals surface area contributed by atoms with Crippen molar-refractivity contribution in [2.45, 2.75) is 6.42 Å². The second kappa shape index (κ2) is 10.5. The van der Waals surface area contributed by atoms with E-state index < -0.39 is 45.9 Å². The Bertz CT molecular complexity index is 2070. The maximum absolute atomic E-state index is 13.4. The average molecular weight is 597 g/mol. The maximum atomic E-state index is 13.4. The van der Waals surface area contributed by atoms with Crippen molar-refractivity contribution in [1.82, 2.24) is 0 Å². The van der Waals surface area contributed by atoms with Crippen LogP contribution in [0.3, 0.4) is 0 Å². The molecular weight excluding hydrogens is 578 g/mol. The molecule has 0 saturated carbocycles. The largest absolute Gasteiger partial charge is 0.506 e. The van der Waals surface area contributed by atoms with Crippen molar-refractivity contribution >= 4 is 63.5 Å². The molecule has 0 radical (unpaired) electrons. The normalized spacial score (nSPS) is 17.1. The van der Waals surface area contributed by atoms with Gasteiger partial charge in [0, 0.05) is 18.7 Å². The number of Topliss-reactive ketones (excluding diaryl/α,β-unsaturated/α-hetero) is 1. The Hall–Kier alpha value is -6.24. The summed E-state index contributed by atoms with van der Waals surface area (Å²) >= 11 is 0. The molecule has 220 valence electrons. The molecule has 0 saturated heterocycles. The van der Waals surface area contributed by atoms with Crippen LogP contribution in [0.4, 0.5) is 0 Å². The summed E-state index contributed by atoms with van der Waals surface area (Å²) in [7, 11) is 1.33. The minimum absolute atomic E-state index is 0.0000873. The van der Waals surface area contributed by atoms with Gasteiger partial charge in [0.1, 0.15) is 33.9 Å². The molecule has 0 bridgehead atoms. The number of allylic oxidation sites excluding steroid dienone is 5. The second-order valence-electron chi connectivity index (χ2n) is 9.61. The predicted molar refractivity (Wildman–Crippen MR) is 151 cm³/mol. The van der Waals surface area contributed by atoms with Crippen molar-refractivity contribution in [2.75, 3.05) is 13.7 Å². The number of aromatic carboxylic acids is 1. The zero-order chi connectivity index (χ0) is 31.3. The number of carboxylic acid groups (broad SMARTS) is 1. The van der Waals surface area contributed by atoms with Gasteiger partial charge < -0.3 is 33.9 Å². The van der Waals surface area contributed by atoms with Crippen LogP contribution < -0.4 is 4.74 Å². The van der Waals surface area contributed by atoms with Crippen molar-refractivity contribution in [2.24, 2.45) is 4.99 Å². The maximum Gasteiger partial charge on any atom is 0.339 e. The summed E-state index contributed by atoms with van der Waals surface area (Å²) in [5, 5.41) is 31.2. The number of aliphatic imine (C=N–C) groups is 1. The first-order valence-electron chi connectivity index (χ1n) is 12.9. The Morgan fingerprint density at radius 2 is 1.68 bits per heavy atom. The molecule has 6 rings (SSSR count). The third kappa shape index (κ3) is 4.43. The molecular formula is C31H19NO12. The highest BCUT2D eigenvalue weighted by atomic mass is 16.5. The van der Waals surface area contributed by atoms with Crippen molar-refractivity contribution in [3.63, 3.8) is 0 Å². The summed E-state index contributed by atoms with van der Waals surface area (Å²) in [6.45, 7) is 0.396. The lowest BCUT2D eigenvalue weighted by atomic mass is 9.94. The monoisotopic (exact) mass is 597 g/mol. The van der Waals surface area contributed by atoms with Crippen LogP contribution in [0.25, 0.3) is 28.0 Å². The molecule has 3 aliphatic rings. The summed E-state index contributed by atoms with van der Waals surface area (Å²) in [6.07, 6.45) is 8.30. The first-order chi connectivity index (χ1) is 21.1. The number of ketones is 3. The number of benzene rings is 2. The summed E-state index contributed by atoms with van der Waals surface area (Å²) in [5.74, 6) is -6.15. The molecule has 2 heterocycles. The highest BCUT2D eigenvalue weighted by Gasteiger charge is 2.30. The molecule has 3 N–H and O–H groups in total. The minimum Gasteiger partial charge on any atom is -0.506 e. The summed E-state index contributed by atoms with van der Waals surface area (Å²) in [4.78, 5) is 65.8. The van der Waals surface area contributed by atoms with Gasteiger partial charge in [-0.15, -0.1) is 0 Å². The van der Waals surface area contributed by atoms with Crippen LogP contribution >= 0.6 is 0 Å². The number of ether oxygens (including phenoxy) is 3. The number of rotatable bonds is 6. The Morgan fingerprint density at radius 3 is 2.41 bits per heavy atom. The van der Waals surface area contributed by atoms with E-state index in [9.17, 15) is 39.3 Å². The van der Waals surface area contributed by atoms with Crippen molar-refractivity contribution < 1.29 is 57.9 Å². The van der Waals surface area contributed by atoms with Gasteiger partial charge in [0.25, 0.3) is 6.47 Å². The molecule has 0 spiro atoms. The average Bonchev–Trinajstić information content (AvgIpc) is 3.61. The Morgan fingerprint density at radius 1 is 0.955 bits per heavy atom. The quantitative estimate of drug-likeness (QED) is 0.212. The van der Waals surface area contributed by atoms with E-state index in [1.165, 1.54) is 37.5 Å². The molecule has 0 unspecified atom stereocenters. The standard InChI is InChI=1S/C31H19NO12/c1-41-19-4-2-13-9-21-24(25-22(44-21)11-16(31(39)40)30(29(25)38)42-12-33)28(37)23(13)27(36)17(34)3-5-20(19)43-15-8-14-6-7-32-26(14)18(35)10-15/h2-5,8-12,37-38H,6-7H2,1H3,(H,39,40)/b4-2?,5-3+,20-19?. The number of phenols is 2. The van der Waals surface area contributed by atoms with E-state index in [1.807, 2.05) is 0 Å². The van der Waals surface area contributed by atoms with E-state index in [0.717, 1.165) is 12.1 Å². The number of carbonyl (C=O) groups excluding carboxylic acids is 4. The third-order valence-electron chi connectivity index (χ3n) is 7.10. The first-order valence-corrected chi connectivity index (χ1v) is 12.9. The number of furan rings is 1. The van der Waals surface area contributed by atoms with Crippen LogP contribution in [0.15, 0.2) is 74.8 Å². The fourth-order valence-corrected chi connectivity index (χ4v) is 5.16. The molecule has 13 heteroatoms. The van der Waals surface area contributed by atoms with Gasteiger partial charge in [-0.2, -0.15) is 0 Å². The summed E-state index contributed by atoms with van der Waals surface area (Å²) in [6, 6.07) is 2.27. The van der Waals surface area contributed by atoms with Gasteiger partial charge in [-0.05, 0) is 47.9 Å². The van der Waals surface area contributed by atoms with Crippen molar-refractivity contribution in [3.8, 4) is 17.2 Å². The van der Waals surface area contributed by atoms with Crippen LogP contribution in [-0.2, 0) is 23.9 Å². The molecule has 2 aromatic carbocycles. The number of aromatic hydroxyl groups is 2. The van der Waals surface area contributed by atoms with E-state index in [1.54, 1.807) is 6.08 Å². The van der Waals surface area contributed by atoms with Gasteiger partial charge in [-0.3, -0.25) is 24.2 Å². The topological polar surface area (TPSA) is 199 Å². The van der Waals surface area contributed by atoms with Crippen molar-refractivity contribution in [3.05, 3.63) is 82.1 Å². The fraction of sp³-hybridized carbons (Fsp3) is 0.0968. The summed E-state index contributed by atoms with van der Waals surface area (Å²) < 4.78 is 21.8. The van der Waals surface area contributed by atoms with E-state index in [0.29, 0.717) is 24.3 Å². The van der Waals surface area contributed by atoms with Crippen LogP contribution in [0.5, 0.6) is 17.2 Å². The lowest BCUT2D eigenvalue weighted by molar-refractivity contribution is -0.120. The highest BCUT2D eigenvalue weighted by Crippen LogP contribution is 2.47. The molecule has 0 fully saturated rings. The van der Waals surface area contributed by atoms with Gasteiger partial charge in [-0.25, -0.2) is 4.79 Å². The van der Waals surface area contributed by atoms with Crippen LogP contribution in [-0.4, -0.2) is 64.5 Å². The fourth-order valence-electron chi connectivity index (χ4n) is 5.16. The molecule has 2 aliphatic carbocycles. The van der Waals surface area contributed by atoms with Crippen molar-refractivity contribution in [1.29, 1.82) is 0 Å². The smallest absolute Gasteiger partial charge is 0.339 e. The van der Waals surface area contributed by atoms with Gasteiger partial charge in [0.15, 0.2) is 23.0 Å². The lowest BCUT2D eigenvalue weighted by Gasteiger charge is -2.15. The van der Waals surface area contributed by atoms with Crippen LogP contribution in [0.1, 0.15) is 32.7 Å². The molecule has 44 heavy (non-hydrogen) atoms. The predicted octanol–water partition coefficient (Wildman–Crippen LogP) is 3.68. The molecule has 0 amide bonds. The third-order valence-corrected chi connectivity index (χ3v) is 7.10. The number of hydrogen-bond acceptors (Lipinski definition) is 12.